The van der Waals surface area contributed by atoms with E-state index >= 15 is 0 Å². The average molecular weight is 213 g/mol. The summed E-state index contributed by atoms with van der Waals surface area (Å²) in [7, 11) is 2.19. The molecule has 1 fully saturated rings. The second-order valence-corrected chi connectivity index (χ2v) is 4.60. The van der Waals surface area contributed by atoms with Crippen molar-refractivity contribution >= 4 is 11.6 Å². The van der Waals surface area contributed by atoms with E-state index in [9.17, 15) is 0 Å². The number of piperidine rings is 1. The first kappa shape index (κ1) is 10.1. The number of rotatable bonds is 1. The van der Waals surface area contributed by atoms with E-state index in [-0.39, 0.29) is 0 Å². The number of halogens is 1. The number of aromatic nitrogens is 1. The third-order valence-corrected chi connectivity index (χ3v) is 3.60. The zero-order valence-corrected chi connectivity index (χ0v) is 9.59. The van der Waals surface area contributed by atoms with Crippen molar-refractivity contribution in [1.82, 2.24) is 9.47 Å². The molecule has 0 N–H and O–H groups in total. The van der Waals surface area contributed by atoms with Crippen LogP contribution < -0.4 is 0 Å². The highest BCUT2D eigenvalue weighted by Crippen LogP contribution is 2.27. The Bertz CT molecular complexity index is 311. The number of hydrogen-bond donors (Lipinski definition) is 0. The molecule has 2 rings (SSSR count). The van der Waals surface area contributed by atoms with Crippen LogP contribution in [0.2, 0.25) is 5.02 Å². The lowest BCUT2D eigenvalue weighted by Gasteiger charge is -2.30. The first-order valence-corrected chi connectivity index (χ1v) is 5.58. The van der Waals surface area contributed by atoms with Gasteiger partial charge in [0.1, 0.15) is 0 Å². The van der Waals surface area contributed by atoms with Crippen molar-refractivity contribution in [3.8, 4) is 0 Å². The summed E-state index contributed by atoms with van der Waals surface area (Å²) in [4.78, 5) is 2.39. The first-order valence-electron chi connectivity index (χ1n) is 5.20. The molecule has 0 saturated carbocycles. The zero-order chi connectivity index (χ0) is 10.1. The molecular weight excluding hydrogens is 196 g/mol. The molecule has 2 nitrogen and oxygen atoms in total. The van der Waals surface area contributed by atoms with E-state index in [2.05, 4.69) is 29.6 Å². The normalized spacial score (nSPS) is 20.2. The quantitative estimate of drug-likeness (QED) is 0.695. The minimum atomic E-state index is 0.652. The number of nitrogens with zero attached hydrogens (tertiary/aromatic N) is 2. The van der Waals surface area contributed by atoms with Gasteiger partial charge in [0.25, 0.3) is 0 Å². The van der Waals surface area contributed by atoms with Gasteiger partial charge in [-0.1, -0.05) is 11.6 Å². The van der Waals surface area contributed by atoms with Crippen molar-refractivity contribution in [2.24, 2.45) is 0 Å². The summed E-state index contributed by atoms with van der Waals surface area (Å²) < 4.78 is 2.33. The standard InChI is InChI=1S/C11H17ClN2/c1-9-11(12)5-8-14(9)10-3-6-13(2)7-4-10/h5,8,10H,3-4,6-7H2,1-2H3. The first-order chi connectivity index (χ1) is 6.68. The van der Waals surface area contributed by atoms with Gasteiger partial charge in [-0.25, -0.2) is 0 Å². The molecule has 0 unspecified atom stereocenters. The van der Waals surface area contributed by atoms with Crippen molar-refractivity contribution in [3.63, 3.8) is 0 Å². The maximum Gasteiger partial charge on any atom is 0.0612 e. The van der Waals surface area contributed by atoms with Crippen LogP contribution in [-0.4, -0.2) is 29.6 Å². The molecule has 0 bridgehead atoms. The minimum absolute atomic E-state index is 0.652. The molecule has 1 aromatic heterocycles. The van der Waals surface area contributed by atoms with Crippen molar-refractivity contribution in [2.75, 3.05) is 20.1 Å². The van der Waals surface area contributed by atoms with Crippen LogP contribution in [0.15, 0.2) is 12.3 Å². The number of hydrogen-bond acceptors (Lipinski definition) is 1. The van der Waals surface area contributed by atoms with Gasteiger partial charge in [-0.15, -0.1) is 0 Å². The fraction of sp³-hybridized carbons (Fsp3) is 0.636. The van der Waals surface area contributed by atoms with Crippen molar-refractivity contribution in [1.29, 1.82) is 0 Å². The average Bonchev–Trinajstić information content (AvgIpc) is 2.50. The van der Waals surface area contributed by atoms with Crippen LogP contribution in [0.1, 0.15) is 24.6 Å². The molecule has 0 atom stereocenters. The van der Waals surface area contributed by atoms with Crippen LogP contribution in [-0.2, 0) is 0 Å². The molecule has 1 saturated heterocycles. The summed E-state index contributed by atoms with van der Waals surface area (Å²) in [6, 6.07) is 2.65. The molecule has 78 valence electrons. The van der Waals surface area contributed by atoms with Gasteiger partial charge in [0, 0.05) is 17.9 Å². The summed E-state index contributed by atoms with van der Waals surface area (Å²) in [6.07, 6.45) is 4.60. The van der Waals surface area contributed by atoms with Gasteiger partial charge in [0.2, 0.25) is 0 Å². The van der Waals surface area contributed by atoms with E-state index < -0.39 is 0 Å². The summed E-state index contributed by atoms with van der Waals surface area (Å²) in [5.74, 6) is 0. The Hall–Kier alpha value is -0.470. The molecule has 1 aliphatic rings. The highest BCUT2D eigenvalue weighted by Gasteiger charge is 2.19. The fourth-order valence-corrected chi connectivity index (χ4v) is 2.32. The molecule has 0 amide bonds. The highest BCUT2D eigenvalue weighted by molar-refractivity contribution is 6.31. The van der Waals surface area contributed by atoms with Gasteiger partial charge >= 0.3 is 0 Å². The van der Waals surface area contributed by atoms with Crippen LogP contribution in [0, 0.1) is 6.92 Å². The van der Waals surface area contributed by atoms with Crippen LogP contribution in [0.3, 0.4) is 0 Å². The third-order valence-electron chi connectivity index (χ3n) is 3.20. The molecular formula is C11H17ClN2. The van der Waals surface area contributed by atoms with Gasteiger partial charge in [-0.2, -0.15) is 0 Å². The molecule has 1 aromatic rings. The SMILES string of the molecule is Cc1c(Cl)ccn1C1CCN(C)CC1. The van der Waals surface area contributed by atoms with E-state index in [4.69, 9.17) is 11.6 Å². The summed E-state index contributed by atoms with van der Waals surface area (Å²) in [6.45, 7) is 4.49. The molecule has 0 aromatic carbocycles. The lowest BCUT2D eigenvalue weighted by molar-refractivity contribution is 0.220. The predicted octanol–water partition coefficient (Wildman–Crippen LogP) is 2.72. The van der Waals surface area contributed by atoms with Gasteiger partial charge in [0.05, 0.1) is 5.02 Å². The Labute approximate surface area is 90.5 Å². The van der Waals surface area contributed by atoms with Crippen molar-refractivity contribution < 1.29 is 0 Å². The summed E-state index contributed by atoms with van der Waals surface area (Å²) in [5.41, 5.74) is 1.21. The molecule has 3 heteroatoms. The van der Waals surface area contributed by atoms with Crippen molar-refractivity contribution in [3.05, 3.63) is 23.0 Å². The molecule has 1 aliphatic heterocycles. The molecule has 0 spiro atoms. The lowest BCUT2D eigenvalue weighted by Crippen LogP contribution is -2.31. The zero-order valence-electron chi connectivity index (χ0n) is 8.83. The fourth-order valence-electron chi connectivity index (χ4n) is 2.17. The van der Waals surface area contributed by atoms with E-state index in [0.717, 1.165) is 5.02 Å². The Kier molecular flexibility index (Phi) is 2.84. The van der Waals surface area contributed by atoms with Crippen LogP contribution in [0.4, 0.5) is 0 Å². The molecule has 0 aliphatic carbocycles. The molecule has 14 heavy (non-hydrogen) atoms. The second-order valence-electron chi connectivity index (χ2n) is 4.19. The summed E-state index contributed by atoms with van der Waals surface area (Å²) in [5, 5.41) is 0.893. The maximum atomic E-state index is 6.05. The largest absolute Gasteiger partial charge is 0.347 e. The van der Waals surface area contributed by atoms with E-state index in [1.165, 1.54) is 31.6 Å². The second kappa shape index (κ2) is 3.95. The monoisotopic (exact) mass is 212 g/mol. The Morgan fingerprint density at radius 3 is 2.50 bits per heavy atom. The lowest BCUT2D eigenvalue weighted by atomic mass is 10.1. The van der Waals surface area contributed by atoms with Crippen LogP contribution in [0.5, 0.6) is 0 Å². The van der Waals surface area contributed by atoms with Crippen LogP contribution >= 0.6 is 11.6 Å². The molecule has 2 heterocycles. The third kappa shape index (κ3) is 1.82. The highest BCUT2D eigenvalue weighted by atomic mass is 35.5. The topological polar surface area (TPSA) is 8.17 Å². The number of likely N-dealkylation sites (tertiary alicyclic amines) is 1. The van der Waals surface area contributed by atoms with Crippen LogP contribution in [0.25, 0.3) is 0 Å². The van der Waals surface area contributed by atoms with E-state index in [1.54, 1.807) is 0 Å². The van der Waals surface area contributed by atoms with Gasteiger partial charge in [-0.3, -0.25) is 0 Å². The van der Waals surface area contributed by atoms with Gasteiger partial charge in [0.15, 0.2) is 0 Å². The van der Waals surface area contributed by atoms with Crippen molar-refractivity contribution in [2.45, 2.75) is 25.8 Å². The summed E-state index contributed by atoms with van der Waals surface area (Å²) >= 11 is 6.05. The maximum absolute atomic E-state index is 6.05. The Morgan fingerprint density at radius 1 is 1.36 bits per heavy atom. The van der Waals surface area contributed by atoms with E-state index in [0.29, 0.717) is 6.04 Å². The predicted molar refractivity (Wildman–Crippen MR) is 59.9 cm³/mol. The smallest absolute Gasteiger partial charge is 0.0612 e. The Morgan fingerprint density at radius 2 is 2.00 bits per heavy atom. The van der Waals surface area contributed by atoms with E-state index in [1.807, 2.05) is 6.07 Å². The Balaban J connectivity index is 2.12. The van der Waals surface area contributed by atoms with Gasteiger partial charge < -0.3 is 9.47 Å². The molecule has 0 radical (unpaired) electrons. The minimum Gasteiger partial charge on any atom is -0.347 e. The van der Waals surface area contributed by atoms with Gasteiger partial charge in [-0.05, 0) is 46.0 Å².